The average molecular weight is 473 g/mol. The smallest absolute Gasteiger partial charge is 0.306 e. The van der Waals surface area contributed by atoms with Gasteiger partial charge in [0.2, 0.25) is 15.9 Å². The van der Waals surface area contributed by atoms with E-state index in [4.69, 9.17) is 4.74 Å². The van der Waals surface area contributed by atoms with Crippen molar-refractivity contribution in [3.8, 4) is 0 Å². The van der Waals surface area contributed by atoms with Crippen molar-refractivity contribution in [3.63, 3.8) is 0 Å². The van der Waals surface area contributed by atoms with Crippen LogP contribution in [0.4, 0.5) is 5.69 Å². The predicted octanol–water partition coefficient (Wildman–Crippen LogP) is 4.14. The van der Waals surface area contributed by atoms with Crippen LogP contribution in [0.5, 0.6) is 0 Å². The van der Waals surface area contributed by atoms with E-state index in [2.05, 4.69) is 5.32 Å². The van der Waals surface area contributed by atoms with Gasteiger partial charge in [0.1, 0.15) is 0 Å². The molecule has 1 aliphatic rings. The third-order valence-corrected chi connectivity index (χ3v) is 7.88. The van der Waals surface area contributed by atoms with Crippen molar-refractivity contribution in [1.29, 1.82) is 0 Å². The molecule has 2 aromatic carbocycles. The number of nitrogens with one attached hydrogen (secondary N) is 1. The maximum atomic E-state index is 12.9. The fourth-order valence-electron chi connectivity index (χ4n) is 3.96. The summed E-state index contributed by atoms with van der Waals surface area (Å²) in [6, 6.07) is 15.9. The highest BCUT2D eigenvalue weighted by atomic mass is 32.2. The van der Waals surface area contributed by atoms with Gasteiger partial charge in [-0.2, -0.15) is 4.31 Å². The number of ether oxygens (including phenoxy) is 1. The highest BCUT2D eigenvalue weighted by Crippen LogP contribution is 2.27. The molecule has 0 unspecified atom stereocenters. The van der Waals surface area contributed by atoms with E-state index in [9.17, 15) is 18.0 Å². The number of anilines is 1. The second-order valence-corrected chi connectivity index (χ2v) is 10.3. The fraction of sp³-hybridized carbons (Fsp3) is 0.440. The van der Waals surface area contributed by atoms with Crippen molar-refractivity contribution < 1.29 is 22.7 Å². The van der Waals surface area contributed by atoms with E-state index in [1.807, 2.05) is 30.3 Å². The van der Waals surface area contributed by atoms with Crippen molar-refractivity contribution in [2.45, 2.75) is 62.3 Å². The number of nitrogens with zero attached hydrogens (tertiary/aromatic N) is 1. The highest BCUT2D eigenvalue weighted by Gasteiger charge is 2.28. The number of esters is 1. The lowest BCUT2D eigenvalue weighted by molar-refractivity contribution is -0.144. The first-order valence-corrected chi connectivity index (χ1v) is 12.9. The number of rotatable bonds is 10. The van der Waals surface area contributed by atoms with Crippen LogP contribution in [0.3, 0.4) is 0 Å². The molecule has 0 radical (unpaired) electrons. The Balaban J connectivity index is 1.43. The first kappa shape index (κ1) is 24.9. The van der Waals surface area contributed by atoms with E-state index < -0.39 is 16.0 Å². The van der Waals surface area contributed by atoms with Crippen molar-refractivity contribution in [2.24, 2.45) is 0 Å². The van der Waals surface area contributed by atoms with Gasteiger partial charge in [0, 0.05) is 31.6 Å². The summed E-state index contributed by atoms with van der Waals surface area (Å²) in [7, 11) is -1.94. The Morgan fingerprint density at radius 3 is 2.30 bits per heavy atom. The molecule has 0 atom stereocenters. The molecule has 1 aliphatic carbocycles. The van der Waals surface area contributed by atoms with E-state index in [0.29, 0.717) is 12.1 Å². The van der Waals surface area contributed by atoms with Crippen LogP contribution in [0.25, 0.3) is 0 Å². The Hall–Kier alpha value is -2.71. The van der Waals surface area contributed by atoms with E-state index >= 15 is 0 Å². The highest BCUT2D eigenvalue weighted by molar-refractivity contribution is 7.89. The molecule has 0 saturated heterocycles. The van der Waals surface area contributed by atoms with Crippen LogP contribution in [0.2, 0.25) is 0 Å². The summed E-state index contributed by atoms with van der Waals surface area (Å²) < 4.78 is 32.5. The third-order valence-electron chi connectivity index (χ3n) is 5.96. The molecule has 1 fully saturated rings. The molecular weight excluding hydrogens is 440 g/mol. The van der Waals surface area contributed by atoms with E-state index in [1.54, 1.807) is 19.2 Å². The zero-order valence-corrected chi connectivity index (χ0v) is 19.9. The topological polar surface area (TPSA) is 92.8 Å². The summed E-state index contributed by atoms with van der Waals surface area (Å²) in [6.45, 7) is 0.274. The molecule has 1 amide bonds. The largest absolute Gasteiger partial charge is 0.465 e. The molecule has 178 valence electrons. The summed E-state index contributed by atoms with van der Waals surface area (Å²) in [5.74, 6) is -0.752. The lowest BCUT2D eigenvalue weighted by atomic mass is 9.96. The van der Waals surface area contributed by atoms with Crippen LogP contribution in [0, 0.1) is 0 Å². The van der Waals surface area contributed by atoms with Gasteiger partial charge >= 0.3 is 5.97 Å². The van der Waals surface area contributed by atoms with Gasteiger partial charge in [-0.1, -0.05) is 49.6 Å². The Morgan fingerprint density at radius 2 is 1.64 bits per heavy atom. The summed E-state index contributed by atoms with van der Waals surface area (Å²) >= 11 is 0. The molecule has 7 nitrogen and oxygen atoms in total. The minimum Gasteiger partial charge on any atom is -0.465 e. The Morgan fingerprint density at radius 1 is 0.970 bits per heavy atom. The first-order chi connectivity index (χ1) is 15.9. The van der Waals surface area contributed by atoms with Crippen molar-refractivity contribution in [3.05, 3.63) is 60.2 Å². The van der Waals surface area contributed by atoms with Crippen LogP contribution in [0.15, 0.2) is 59.5 Å². The summed E-state index contributed by atoms with van der Waals surface area (Å²) in [4.78, 5) is 24.2. The number of hydrogen-bond acceptors (Lipinski definition) is 5. The first-order valence-electron chi connectivity index (χ1n) is 11.4. The normalized spacial score (nSPS) is 14.7. The van der Waals surface area contributed by atoms with Crippen LogP contribution < -0.4 is 5.32 Å². The van der Waals surface area contributed by atoms with E-state index in [1.165, 1.54) is 16.4 Å². The van der Waals surface area contributed by atoms with Crippen LogP contribution in [-0.4, -0.2) is 44.3 Å². The molecule has 0 aliphatic heterocycles. The molecule has 0 aromatic heterocycles. The molecule has 2 aromatic rings. The van der Waals surface area contributed by atoms with Gasteiger partial charge in [0.25, 0.3) is 0 Å². The fourth-order valence-corrected chi connectivity index (χ4v) is 5.37. The van der Waals surface area contributed by atoms with Crippen molar-refractivity contribution >= 4 is 27.6 Å². The molecular formula is C25H32N2O5S. The second-order valence-electron chi connectivity index (χ2n) is 8.34. The minimum absolute atomic E-state index is 0.00532. The van der Waals surface area contributed by atoms with E-state index in [-0.39, 0.29) is 36.3 Å². The van der Waals surface area contributed by atoms with Crippen molar-refractivity contribution in [1.82, 2.24) is 4.31 Å². The standard InChI is InChI=1S/C25H32N2O5S/c1-27(22-10-6-3-7-11-22)33(30,31)23-14-12-21(13-15-23)26-24(28)16-17-25(29)32-19-18-20-8-4-2-5-9-20/h2,4-5,8-9,12-15,22H,3,6-7,10-11,16-19H2,1H3,(H,26,28). The van der Waals surface area contributed by atoms with Crippen molar-refractivity contribution in [2.75, 3.05) is 19.0 Å². The zero-order chi connectivity index (χ0) is 23.7. The lowest BCUT2D eigenvalue weighted by Crippen LogP contribution is -2.38. The van der Waals surface area contributed by atoms with Gasteiger partial charge < -0.3 is 10.1 Å². The summed E-state index contributed by atoms with van der Waals surface area (Å²) in [5.41, 5.74) is 1.56. The van der Waals surface area contributed by atoms with Crippen LogP contribution in [0.1, 0.15) is 50.5 Å². The number of sulfonamides is 1. The monoisotopic (exact) mass is 472 g/mol. The van der Waals surface area contributed by atoms with Gasteiger partial charge in [-0.15, -0.1) is 0 Å². The summed E-state index contributed by atoms with van der Waals surface area (Å²) in [5, 5.41) is 2.70. The number of carbonyl (C=O) groups is 2. The lowest BCUT2D eigenvalue weighted by Gasteiger charge is -2.30. The Bertz CT molecular complexity index is 1020. The number of amides is 1. The second kappa shape index (κ2) is 12.0. The van der Waals surface area contributed by atoms with Gasteiger partial charge in [-0.25, -0.2) is 8.42 Å². The number of benzene rings is 2. The van der Waals surface area contributed by atoms with Crippen LogP contribution >= 0.6 is 0 Å². The minimum atomic E-state index is -3.57. The van der Waals surface area contributed by atoms with Gasteiger partial charge in [0.15, 0.2) is 0 Å². The Kier molecular flexibility index (Phi) is 9.03. The van der Waals surface area contributed by atoms with E-state index in [0.717, 1.165) is 37.7 Å². The van der Waals surface area contributed by atoms with Gasteiger partial charge in [0.05, 0.1) is 17.9 Å². The predicted molar refractivity (Wildman–Crippen MR) is 127 cm³/mol. The van der Waals surface area contributed by atoms with Gasteiger partial charge in [-0.05, 0) is 42.7 Å². The van der Waals surface area contributed by atoms with Crippen LogP contribution in [-0.2, 0) is 30.8 Å². The molecule has 1 N–H and O–H groups in total. The maximum absolute atomic E-state index is 12.9. The molecule has 8 heteroatoms. The number of carbonyl (C=O) groups excluding carboxylic acids is 2. The SMILES string of the molecule is CN(C1CCCCC1)S(=O)(=O)c1ccc(NC(=O)CCC(=O)OCCc2ccccc2)cc1. The zero-order valence-electron chi connectivity index (χ0n) is 19.0. The molecule has 0 heterocycles. The molecule has 0 bridgehead atoms. The molecule has 1 saturated carbocycles. The molecule has 33 heavy (non-hydrogen) atoms. The quantitative estimate of drug-likeness (QED) is 0.525. The molecule has 0 spiro atoms. The van der Waals surface area contributed by atoms with Gasteiger partial charge in [-0.3, -0.25) is 9.59 Å². The summed E-state index contributed by atoms with van der Waals surface area (Å²) in [6.07, 6.45) is 5.64. The Labute approximate surface area is 196 Å². The maximum Gasteiger partial charge on any atom is 0.306 e. The molecule has 3 rings (SSSR count). The third kappa shape index (κ3) is 7.40. The number of hydrogen-bond donors (Lipinski definition) is 1. The average Bonchev–Trinajstić information content (AvgIpc) is 2.84.